The number of nitrogens with zero attached hydrogens (tertiary/aromatic N) is 1. The molecule has 0 aliphatic heterocycles. The van der Waals surface area contributed by atoms with E-state index in [9.17, 15) is 0 Å². The second-order valence-electron chi connectivity index (χ2n) is 24.3. The maximum absolute atomic E-state index is 2.64. The van der Waals surface area contributed by atoms with Crippen molar-refractivity contribution >= 4 is 80.9 Å². The summed E-state index contributed by atoms with van der Waals surface area (Å²) in [6, 6.07) is 78.3. The summed E-state index contributed by atoms with van der Waals surface area (Å²) < 4.78 is 2.68. The Morgan fingerprint density at radius 1 is 0.341 bits per heavy atom. The van der Waals surface area contributed by atoms with Crippen molar-refractivity contribution in [2.45, 2.75) is 129 Å². The van der Waals surface area contributed by atoms with E-state index in [4.69, 9.17) is 0 Å². The van der Waals surface area contributed by atoms with Gasteiger partial charge >= 0.3 is 0 Å². The molecule has 0 unspecified atom stereocenters. The Hall–Kier alpha value is -7.78. The Labute approximate surface area is 490 Å². The number of unbranched alkanes of at least 4 members (excludes halogenated alkanes) is 4. The first kappa shape index (κ1) is 52.3. The van der Waals surface area contributed by atoms with E-state index in [1.165, 1.54) is 188 Å². The zero-order valence-electron chi connectivity index (χ0n) is 48.9. The number of hydrogen-bond acceptors (Lipinski definition) is 2. The lowest BCUT2D eigenvalue weighted by Gasteiger charge is -2.35. The molecule has 0 amide bonds. The maximum atomic E-state index is 2.64. The molecule has 2 aliphatic carbocycles. The van der Waals surface area contributed by atoms with Crippen LogP contribution in [0.2, 0.25) is 0 Å². The average Bonchev–Trinajstić information content (AvgIpc) is 3.99. The summed E-state index contributed by atoms with van der Waals surface area (Å²) in [6.45, 7) is 14.0. The first-order valence-electron chi connectivity index (χ1n) is 31.0. The molecule has 82 heavy (non-hydrogen) atoms. The molecular weight excluding hydrogens is 1010 g/mol. The predicted octanol–water partition coefficient (Wildman–Crippen LogP) is 24.2. The van der Waals surface area contributed by atoms with Crippen LogP contribution in [0.3, 0.4) is 0 Å². The fourth-order valence-electron chi connectivity index (χ4n) is 15.4. The first-order valence-corrected chi connectivity index (χ1v) is 31.8. The molecule has 2 aliphatic rings. The Balaban J connectivity index is 0.952. The molecule has 0 spiro atoms. The van der Waals surface area contributed by atoms with Gasteiger partial charge in [0.2, 0.25) is 0 Å². The third-order valence-electron chi connectivity index (χ3n) is 19.3. The lowest BCUT2D eigenvalue weighted by atomic mass is 9.70. The van der Waals surface area contributed by atoms with Crippen LogP contribution in [0.4, 0.5) is 17.1 Å². The minimum Gasteiger partial charge on any atom is -0.310 e. The Bertz CT molecular complexity index is 4250. The molecule has 0 saturated heterocycles. The molecular formula is C80H75NS. The van der Waals surface area contributed by atoms with Crippen LogP contribution < -0.4 is 4.90 Å². The second-order valence-corrected chi connectivity index (χ2v) is 25.4. The Kier molecular flexibility index (Phi) is 13.5. The van der Waals surface area contributed by atoms with Gasteiger partial charge in [0.1, 0.15) is 0 Å². The summed E-state index contributed by atoms with van der Waals surface area (Å²) in [6.07, 6.45) is 14.2. The van der Waals surface area contributed by atoms with Crippen molar-refractivity contribution in [2.24, 2.45) is 0 Å². The van der Waals surface area contributed by atoms with E-state index < -0.39 is 0 Å². The zero-order valence-corrected chi connectivity index (χ0v) is 49.7. The van der Waals surface area contributed by atoms with Gasteiger partial charge in [0.15, 0.2) is 0 Å². The number of hydrogen-bond donors (Lipinski definition) is 0. The van der Waals surface area contributed by atoms with Crippen LogP contribution >= 0.6 is 11.3 Å². The number of rotatable bonds is 17. The molecule has 1 nitrogen and oxygen atoms in total. The topological polar surface area (TPSA) is 3.24 Å². The molecule has 0 saturated carbocycles. The van der Waals surface area contributed by atoms with Gasteiger partial charge in [-0.1, -0.05) is 242 Å². The Morgan fingerprint density at radius 3 is 1.28 bits per heavy atom. The summed E-state index contributed by atoms with van der Waals surface area (Å²) in [4.78, 5) is 2.63. The molecule has 0 atom stereocenters. The van der Waals surface area contributed by atoms with E-state index in [0.29, 0.717) is 0 Å². The largest absolute Gasteiger partial charge is 0.310 e. The number of thiophene rings is 1. The molecule has 11 aromatic carbocycles. The molecule has 0 bridgehead atoms. The van der Waals surface area contributed by atoms with Gasteiger partial charge in [-0.05, 0) is 182 Å². The highest BCUT2D eigenvalue weighted by Crippen LogP contribution is 2.59. The standard InChI is InChI=1S/C80H75NS/c1-7-11-42-79(43-12-8-2)71-46-52(5)30-38-60(71)62-40-36-58(50-73(62)79)81(59-37-41-63-61-39-31-53(6)47-72(61)80(44-13-9-3,45-14-10-4)74(63)51-59)57-35-34-54-48-56(33-32-55(54)49-57)76-65-23-15-17-25-67(65)77(68-26-18-16-24-66(68)76)70-28-21-27-69-64-22-19-20-29-75(64)82-78(69)70/h15-41,46-51H,7-14,42-45H2,1-6H3. The molecule has 12 aromatic rings. The number of anilines is 3. The van der Waals surface area contributed by atoms with Crippen molar-refractivity contribution in [1.82, 2.24) is 0 Å². The van der Waals surface area contributed by atoms with Crippen molar-refractivity contribution < 1.29 is 0 Å². The normalized spacial score (nSPS) is 13.8. The minimum atomic E-state index is -0.0322. The summed E-state index contributed by atoms with van der Waals surface area (Å²) in [5.74, 6) is 0. The van der Waals surface area contributed by atoms with Crippen LogP contribution in [0.15, 0.2) is 200 Å². The molecule has 1 aromatic heterocycles. The van der Waals surface area contributed by atoms with Gasteiger partial charge in [-0.25, -0.2) is 0 Å². The van der Waals surface area contributed by atoms with Gasteiger partial charge in [0, 0.05) is 53.6 Å². The molecule has 406 valence electrons. The molecule has 14 rings (SSSR count). The average molecular weight is 1080 g/mol. The van der Waals surface area contributed by atoms with Gasteiger partial charge in [0.05, 0.1) is 0 Å². The highest BCUT2D eigenvalue weighted by atomic mass is 32.1. The van der Waals surface area contributed by atoms with E-state index >= 15 is 0 Å². The van der Waals surface area contributed by atoms with Crippen molar-refractivity contribution in [2.75, 3.05) is 4.90 Å². The van der Waals surface area contributed by atoms with Crippen LogP contribution in [-0.4, -0.2) is 0 Å². The molecule has 0 radical (unpaired) electrons. The molecule has 0 fully saturated rings. The first-order chi connectivity index (χ1) is 40.3. The van der Waals surface area contributed by atoms with Crippen LogP contribution in [0.1, 0.15) is 138 Å². The van der Waals surface area contributed by atoms with Gasteiger partial charge in [0.25, 0.3) is 0 Å². The number of fused-ring (bicyclic) bond motifs is 12. The summed E-state index contributed by atoms with van der Waals surface area (Å²) >= 11 is 1.92. The van der Waals surface area contributed by atoms with Crippen molar-refractivity contribution in [3.8, 4) is 44.5 Å². The highest BCUT2D eigenvalue weighted by molar-refractivity contribution is 7.26. The van der Waals surface area contributed by atoms with Crippen molar-refractivity contribution in [1.29, 1.82) is 0 Å². The smallest absolute Gasteiger partial charge is 0.0468 e. The summed E-state index contributed by atoms with van der Waals surface area (Å²) in [5, 5.41) is 10.3. The van der Waals surface area contributed by atoms with E-state index in [1.807, 2.05) is 11.3 Å². The molecule has 2 heteroatoms. The maximum Gasteiger partial charge on any atom is 0.0468 e. The highest BCUT2D eigenvalue weighted by Gasteiger charge is 2.44. The lowest BCUT2D eigenvalue weighted by molar-refractivity contribution is 0.414. The summed E-state index contributed by atoms with van der Waals surface area (Å²) in [7, 11) is 0. The monoisotopic (exact) mass is 1080 g/mol. The van der Waals surface area contributed by atoms with E-state index in [-0.39, 0.29) is 10.8 Å². The van der Waals surface area contributed by atoms with Crippen molar-refractivity contribution in [3.05, 3.63) is 234 Å². The van der Waals surface area contributed by atoms with Gasteiger partial charge in [-0.2, -0.15) is 0 Å². The van der Waals surface area contributed by atoms with Gasteiger partial charge in [-0.3, -0.25) is 0 Å². The summed E-state index contributed by atoms with van der Waals surface area (Å²) in [5.41, 5.74) is 23.3. The van der Waals surface area contributed by atoms with E-state index in [0.717, 1.165) is 25.7 Å². The fraction of sp³-hybridized carbons (Fsp3) is 0.250. The zero-order chi connectivity index (χ0) is 55.7. The third kappa shape index (κ3) is 8.37. The molecule has 1 heterocycles. The quantitative estimate of drug-likeness (QED) is 0.0822. The van der Waals surface area contributed by atoms with Crippen molar-refractivity contribution in [3.63, 3.8) is 0 Å². The molecule has 0 N–H and O–H groups in total. The lowest BCUT2D eigenvalue weighted by Crippen LogP contribution is -2.26. The van der Waals surface area contributed by atoms with Crippen LogP contribution in [0, 0.1) is 13.8 Å². The van der Waals surface area contributed by atoms with Crippen LogP contribution in [-0.2, 0) is 10.8 Å². The SMILES string of the molecule is CCCCC1(CCCC)c2cc(C)ccc2-c2ccc(N(c3ccc4c(c3)C(CCCC)(CCCC)c3cc(C)ccc3-4)c3ccc4cc(-c5c6ccccc6c(-c6cccc7c6sc6ccccc67)c6ccccc56)ccc4c3)cc21. The van der Waals surface area contributed by atoms with E-state index in [1.54, 1.807) is 11.1 Å². The fourth-order valence-corrected chi connectivity index (χ4v) is 16.6. The second kappa shape index (κ2) is 21.2. The van der Waals surface area contributed by atoms with Gasteiger partial charge < -0.3 is 4.90 Å². The number of benzene rings is 11. The van der Waals surface area contributed by atoms with Gasteiger partial charge in [-0.15, -0.1) is 11.3 Å². The van der Waals surface area contributed by atoms with Crippen LogP contribution in [0.25, 0.3) is 97.0 Å². The Morgan fingerprint density at radius 2 is 0.756 bits per heavy atom. The minimum absolute atomic E-state index is 0.0322. The van der Waals surface area contributed by atoms with E-state index in [2.05, 4.69) is 247 Å². The number of aryl methyl sites for hydroxylation is 2. The predicted molar refractivity (Wildman–Crippen MR) is 357 cm³/mol. The van der Waals surface area contributed by atoms with Crippen LogP contribution in [0.5, 0.6) is 0 Å². The third-order valence-corrected chi connectivity index (χ3v) is 20.5.